The Bertz CT molecular complexity index is 746. The standard InChI is InChI=1S/C16H19N5O2.ClH/c17-11-6-5-10(9-11)16(23)19-12-3-1-2-4-14(12)21-8-7-13(20-21)15(18)22;/h1-4,7-8,10-11H,5-6,9,17H2,(H2,18,22)(H,19,23);1H. The second-order valence-electron chi connectivity index (χ2n) is 5.79. The molecule has 1 aromatic heterocycles. The van der Waals surface area contributed by atoms with Gasteiger partial charge in [-0.1, -0.05) is 12.1 Å². The van der Waals surface area contributed by atoms with Crippen LogP contribution < -0.4 is 16.8 Å². The second kappa shape index (κ2) is 7.46. The Morgan fingerprint density at radius 2 is 1.96 bits per heavy atom. The van der Waals surface area contributed by atoms with Crippen LogP contribution in [-0.4, -0.2) is 27.6 Å². The highest BCUT2D eigenvalue weighted by atomic mass is 35.5. The third-order valence-electron chi connectivity index (χ3n) is 4.09. The number of anilines is 1. The van der Waals surface area contributed by atoms with Crippen molar-refractivity contribution in [2.24, 2.45) is 17.4 Å². The number of hydrogen-bond donors (Lipinski definition) is 3. The lowest BCUT2D eigenvalue weighted by atomic mass is 10.1. The molecule has 5 N–H and O–H groups in total. The summed E-state index contributed by atoms with van der Waals surface area (Å²) < 4.78 is 1.52. The second-order valence-corrected chi connectivity index (χ2v) is 5.79. The number of nitrogens with one attached hydrogen (secondary N) is 1. The average Bonchev–Trinajstić information content (AvgIpc) is 3.17. The van der Waals surface area contributed by atoms with Crippen LogP contribution in [0, 0.1) is 5.92 Å². The van der Waals surface area contributed by atoms with Gasteiger partial charge in [0.15, 0.2) is 0 Å². The van der Waals surface area contributed by atoms with Crippen LogP contribution in [-0.2, 0) is 4.79 Å². The van der Waals surface area contributed by atoms with E-state index in [1.165, 1.54) is 10.7 Å². The summed E-state index contributed by atoms with van der Waals surface area (Å²) in [5.41, 5.74) is 12.6. The molecule has 0 bridgehead atoms. The number of carbonyl (C=O) groups excluding carboxylic acids is 2. The molecule has 0 radical (unpaired) electrons. The molecule has 2 atom stereocenters. The van der Waals surface area contributed by atoms with Crippen molar-refractivity contribution < 1.29 is 9.59 Å². The molecule has 1 fully saturated rings. The molecular formula is C16H20ClN5O2. The Kier molecular flexibility index (Phi) is 5.58. The van der Waals surface area contributed by atoms with Crippen molar-refractivity contribution >= 4 is 29.9 Å². The predicted octanol–water partition coefficient (Wildman–Crippen LogP) is 1.46. The van der Waals surface area contributed by atoms with Crippen molar-refractivity contribution in [2.45, 2.75) is 25.3 Å². The van der Waals surface area contributed by atoms with Crippen LogP contribution in [0.3, 0.4) is 0 Å². The first-order valence-electron chi connectivity index (χ1n) is 7.56. The Hall–Kier alpha value is -2.38. The summed E-state index contributed by atoms with van der Waals surface area (Å²) >= 11 is 0. The van der Waals surface area contributed by atoms with E-state index in [1.807, 2.05) is 18.2 Å². The zero-order chi connectivity index (χ0) is 16.4. The number of benzene rings is 1. The number of amides is 2. The topological polar surface area (TPSA) is 116 Å². The van der Waals surface area contributed by atoms with Crippen molar-refractivity contribution in [1.29, 1.82) is 0 Å². The van der Waals surface area contributed by atoms with Crippen molar-refractivity contribution in [1.82, 2.24) is 9.78 Å². The van der Waals surface area contributed by atoms with Crippen LogP contribution in [0.1, 0.15) is 29.8 Å². The molecule has 8 heteroatoms. The first-order valence-corrected chi connectivity index (χ1v) is 7.56. The number of primary amides is 1. The molecule has 1 saturated carbocycles. The minimum Gasteiger partial charge on any atom is -0.364 e. The number of halogens is 1. The third-order valence-corrected chi connectivity index (χ3v) is 4.09. The van der Waals surface area contributed by atoms with E-state index in [2.05, 4.69) is 10.4 Å². The van der Waals surface area contributed by atoms with Crippen molar-refractivity contribution in [3.8, 4) is 5.69 Å². The fourth-order valence-corrected chi connectivity index (χ4v) is 2.86. The van der Waals surface area contributed by atoms with Crippen molar-refractivity contribution in [2.75, 3.05) is 5.32 Å². The Balaban J connectivity index is 0.00000208. The number of para-hydroxylation sites is 2. The van der Waals surface area contributed by atoms with E-state index >= 15 is 0 Å². The first kappa shape index (κ1) is 18.0. The lowest BCUT2D eigenvalue weighted by Crippen LogP contribution is -2.23. The Morgan fingerprint density at radius 1 is 1.21 bits per heavy atom. The maximum Gasteiger partial charge on any atom is 0.269 e. The summed E-state index contributed by atoms with van der Waals surface area (Å²) in [6.07, 6.45) is 4.03. The van der Waals surface area contributed by atoms with Gasteiger partial charge in [-0.3, -0.25) is 9.59 Å². The fourth-order valence-electron chi connectivity index (χ4n) is 2.86. The van der Waals surface area contributed by atoms with Crippen LogP contribution in [0.15, 0.2) is 36.5 Å². The van der Waals surface area contributed by atoms with E-state index in [4.69, 9.17) is 11.5 Å². The summed E-state index contributed by atoms with van der Waals surface area (Å²) in [4.78, 5) is 23.6. The molecule has 2 unspecified atom stereocenters. The molecule has 2 amide bonds. The number of rotatable bonds is 4. The zero-order valence-corrected chi connectivity index (χ0v) is 13.8. The number of nitrogens with zero attached hydrogens (tertiary/aromatic N) is 2. The van der Waals surface area contributed by atoms with E-state index in [1.54, 1.807) is 12.3 Å². The van der Waals surface area contributed by atoms with Crippen LogP contribution in [0.4, 0.5) is 5.69 Å². The van der Waals surface area contributed by atoms with Crippen LogP contribution in [0.2, 0.25) is 0 Å². The number of nitrogens with two attached hydrogens (primary N) is 2. The SMILES string of the molecule is Cl.NC(=O)c1ccn(-c2ccccc2NC(=O)C2CCC(N)C2)n1. The highest BCUT2D eigenvalue weighted by Gasteiger charge is 2.28. The van der Waals surface area contributed by atoms with Gasteiger partial charge in [-0.25, -0.2) is 4.68 Å². The lowest BCUT2D eigenvalue weighted by Gasteiger charge is -2.14. The van der Waals surface area contributed by atoms with Gasteiger partial charge in [-0.05, 0) is 37.5 Å². The number of hydrogen-bond acceptors (Lipinski definition) is 4. The first-order chi connectivity index (χ1) is 11.0. The molecule has 2 aromatic rings. The summed E-state index contributed by atoms with van der Waals surface area (Å²) in [5, 5.41) is 7.07. The van der Waals surface area contributed by atoms with E-state index in [0.717, 1.165) is 12.8 Å². The Labute approximate surface area is 145 Å². The summed E-state index contributed by atoms with van der Waals surface area (Å²) in [7, 11) is 0. The normalized spacial score (nSPS) is 19.5. The van der Waals surface area contributed by atoms with Gasteiger partial charge in [0.25, 0.3) is 5.91 Å². The molecule has 1 aromatic carbocycles. The van der Waals surface area contributed by atoms with Gasteiger partial charge in [0.1, 0.15) is 5.69 Å². The summed E-state index contributed by atoms with van der Waals surface area (Å²) in [6.45, 7) is 0. The summed E-state index contributed by atoms with van der Waals surface area (Å²) in [6, 6.07) is 8.92. The van der Waals surface area contributed by atoms with Gasteiger partial charge in [0, 0.05) is 18.2 Å². The Morgan fingerprint density at radius 3 is 2.58 bits per heavy atom. The summed E-state index contributed by atoms with van der Waals surface area (Å²) in [5.74, 6) is -0.685. The van der Waals surface area contributed by atoms with Gasteiger partial charge < -0.3 is 16.8 Å². The minimum atomic E-state index is -0.592. The fraction of sp³-hybridized carbons (Fsp3) is 0.312. The maximum atomic E-state index is 12.4. The van der Waals surface area contributed by atoms with Crippen molar-refractivity contribution in [3.05, 3.63) is 42.2 Å². The average molecular weight is 350 g/mol. The monoisotopic (exact) mass is 349 g/mol. The van der Waals surface area contributed by atoms with E-state index < -0.39 is 5.91 Å². The maximum absolute atomic E-state index is 12.4. The lowest BCUT2D eigenvalue weighted by molar-refractivity contribution is -0.119. The smallest absolute Gasteiger partial charge is 0.269 e. The molecule has 0 saturated heterocycles. The number of carbonyl (C=O) groups is 2. The largest absolute Gasteiger partial charge is 0.364 e. The molecule has 1 aliphatic carbocycles. The van der Waals surface area contributed by atoms with E-state index in [9.17, 15) is 9.59 Å². The molecular weight excluding hydrogens is 330 g/mol. The number of aromatic nitrogens is 2. The molecule has 24 heavy (non-hydrogen) atoms. The van der Waals surface area contributed by atoms with Crippen molar-refractivity contribution in [3.63, 3.8) is 0 Å². The molecule has 3 rings (SSSR count). The molecule has 128 valence electrons. The van der Waals surface area contributed by atoms with Gasteiger partial charge in [-0.2, -0.15) is 5.10 Å². The van der Waals surface area contributed by atoms with Gasteiger partial charge >= 0.3 is 0 Å². The van der Waals surface area contributed by atoms with Gasteiger partial charge in [-0.15, -0.1) is 12.4 Å². The van der Waals surface area contributed by atoms with Gasteiger partial charge in [0.05, 0.1) is 11.4 Å². The highest BCUT2D eigenvalue weighted by molar-refractivity contribution is 5.95. The highest BCUT2D eigenvalue weighted by Crippen LogP contribution is 2.27. The van der Waals surface area contributed by atoms with E-state index in [0.29, 0.717) is 17.8 Å². The third kappa shape index (κ3) is 3.74. The molecule has 7 nitrogen and oxygen atoms in total. The predicted molar refractivity (Wildman–Crippen MR) is 93.3 cm³/mol. The van der Waals surface area contributed by atoms with Crippen LogP contribution in [0.5, 0.6) is 0 Å². The van der Waals surface area contributed by atoms with Crippen LogP contribution >= 0.6 is 12.4 Å². The minimum absolute atomic E-state index is 0. The van der Waals surface area contributed by atoms with Crippen LogP contribution in [0.25, 0.3) is 5.69 Å². The quantitative estimate of drug-likeness (QED) is 0.774. The zero-order valence-electron chi connectivity index (χ0n) is 13.0. The molecule has 1 aliphatic rings. The van der Waals surface area contributed by atoms with Gasteiger partial charge in [0.2, 0.25) is 5.91 Å². The molecule has 0 spiro atoms. The van der Waals surface area contributed by atoms with E-state index in [-0.39, 0.29) is 36.0 Å². The molecule has 0 aliphatic heterocycles. The molecule has 1 heterocycles.